The molecule has 0 fully saturated rings. The number of nitrogens with one attached hydrogen (secondary N) is 1. The van der Waals surface area contributed by atoms with E-state index in [0.29, 0.717) is 22.4 Å². The number of aliphatic hydroxyl groups excluding tert-OH is 1. The van der Waals surface area contributed by atoms with Crippen molar-refractivity contribution in [1.82, 2.24) is 0 Å². The number of hydrogen-bond donors (Lipinski definition) is 2. The lowest BCUT2D eigenvalue weighted by molar-refractivity contribution is 0.102. The second-order valence-corrected chi connectivity index (χ2v) is 4.12. The van der Waals surface area contributed by atoms with E-state index in [0.717, 1.165) is 0 Å². The van der Waals surface area contributed by atoms with Gasteiger partial charge in [-0.25, -0.2) is 0 Å². The van der Waals surface area contributed by atoms with Crippen LogP contribution in [-0.2, 0) is 0 Å². The number of carbonyl (C=O) groups is 1. The molecule has 0 saturated carbocycles. The summed E-state index contributed by atoms with van der Waals surface area (Å²) in [6, 6.07) is 15.6. The smallest absolute Gasteiger partial charge is 0.256 e. The van der Waals surface area contributed by atoms with Crippen molar-refractivity contribution in [2.45, 2.75) is 0 Å². The van der Waals surface area contributed by atoms with Gasteiger partial charge in [0.15, 0.2) is 0 Å². The van der Waals surface area contributed by atoms with Gasteiger partial charge < -0.3 is 10.4 Å². The molecule has 0 spiro atoms. The largest absolute Gasteiger partial charge is 0.384 e. The highest BCUT2D eigenvalue weighted by molar-refractivity contribution is 6.06. The summed E-state index contributed by atoms with van der Waals surface area (Å²) in [5.74, 6) is 4.91. The fourth-order valence-corrected chi connectivity index (χ4v) is 1.80. The normalized spacial score (nSPS) is 9.14. The second kappa shape index (κ2) is 6.91. The van der Waals surface area contributed by atoms with Crippen LogP contribution in [0.3, 0.4) is 0 Å². The van der Waals surface area contributed by atoms with E-state index in [1.54, 1.807) is 48.5 Å². The lowest BCUT2D eigenvalue weighted by Gasteiger charge is -2.08. The van der Waals surface area contributed by atoms with Gasteiger partial charge in [-0.2, -0.15) is 5.26 Å². The average molecular weight is 276 g/mol. The number of hydrogen-bond acceptors (Lipinski definition) is 3. The summed E-state index contributed by atoms with van der Waals surface area (Å²) >= 11 is 0. The van der Waals surface area contributed by atoms with Crippen LogP contribution in [0.25, 0.3) is 0 Å². The summed E-state index contributed by atoms with van der Waals surface area (Å²) in [5.41, 5.74) is 1.77. The molecule has 0 aromatic heterocycles. The predicted octanol–water partition coefficient (Wildman–Crippen LogP) is 2.15. The topological polar surface area (TPSA) is 73.1 Å². The third-order valence-electron chi connectivity index (χ3n) is 2.77. The lowest BCUT2D eigenvalue weighted by Crippen LogP contribution is -2.14. The zero-order valence-corrected chi connectivity index (χ0v) is 11.1. The van der Waals surface area contributed by atoms with E-state index in [1.165, 1.54) is 0 Å². The number of carbonyl (C=O) groups excluding carboxylic acids is 1. The highest BCUT2D eigenvalue weighted by atomic mass is 16.2. The van der Waals surface area contributed by atoms with E-state index >= 15 is 0 Å². The standard InChI is InChI=1S/C17H12N2O2/c18-12-14-7-2-4-10-16(14)19-17(21)15-9-3-1-6-13(15)8-5-11-20/h1-4,6-7,9-10,20H,11H2,(H,19,21). The first kappa shape index (κ1) is 14.3. The Kier molecular flexibility index (Phi) is 4.71. The molecule has 102 valence electrons. The van der Waals surface area contributed by atoms with Crippen LogP contribution < -0.4 is 5.32 Å². The molecule has 0 saturated heterocycles. The Bertz CT molecular complexity index is 764. The van der Waals surface area contributed by atoms with Crippen LogP contribution >= 0.6 is 0 Å². The van der Waals surface area contributed by atoms with Gasteiger partial charge in [0.2, 0.25) is 0 Å². The Hall–Kier alpha value is -3.08. The molecule has 4 heteroatoms. The van der Waals surface area contributed by atoms with Crippen LogP contribution in [0.1, 0.15) is 21.5 Å². The quantitative estimate of drug-likeness (QED) is 0.825. The Labute approximate surface area is 122 Å². The molecular formula is C17H12N2O2. The average Bonchev–Trinajstić information content (AvgIpc) is 2.53. The summed E-state index contributed by atoms with van der Waals surface area (Å²) in [5, 5.41) is 20.5. The fraction of sp³-hybridized carbons (Fsp3) is 0.0588. The molecule has 2 N–H and O–H groups in total. The van der Waals surface area contributed by atoms with Gasteiger partial charge in [-0.1, -0.05) is 36.1 Å². The number of anilines is 1. The summed E-state index contributed by atoms with van der Waals surface area (Å²) < 4.78 is 0. The Morgan fingerprint density at radius 1 is 1.10 bits per heavy atom. The molecule has 2 rings (SSSR count). The maximum atomic E-state index is 12.3. The molecule has 1 amide bonds. The van der Waals surface area contributed by atoms with Gasteiger partial charge in [0.05, 0.1) is 16.8 Å². The molecule has 0 heterocycles. The first-order chi connectivity index (χ1) is 10.3. The molecule has 4 nitrogen and oxygen atoms in total. The van der Waals surface area contributed by atoms with Crippen molar-refractivity contribution in [3.8, 4) is 17.9 Å². The molecule has 2 aromatic rings. The van der Waals surface area contributed by atoms with Crippen molar-refractivity contribution in [2.24, 2.45) is 0 Å². The Balaban J connectivity index is 2.31. The summed E-state index contributed by atoms with van der Waals surface area (Å²) in [6.07, 6.45) is 0. The van der Waals surface area contributed by atoms with Crippen LogP contribution in [-0.4, -0.2) is 17.6 Å². The van der Waals surface area contributed by atoms with E-state index in [2.05, 4.69) is 17.2 Å². The van der Waals surface area contributed by atoms with Crippen LogP contribution in [0.15, 0.2) is 48.5 Å². The number of amides is 1. The molecule has 21 heavy (non-hydrogen) atoms. The molecular weight excluding hydrogens is 264 g/mol. The van der Waals surface area contributed by atoms with Crippen LogP contribution in [0.2, 0.25) is 0 Å². The predicted molar refractivity (Wildman–Crippen MR) is 79.5 cm³/mol. The Morgan fingerprint density at radius 3 is 2.48 bits per heavy atom. The van der Waals surface area contributed by atoms with Gasteiger partial charge in [-0.05, 0) is 24.3 Å². The summed E-state index contributed by atoms with van der Waals surface area (Å²) in [4.78, 5) is 12.3. The van der Waals surface area contributed by atoms with E-state index in [-0.39, 0.29) is 12.5 Å². The van der Waals surface area contributed by atoms with Crippen LogP contribution in [0.5, 0.6) is 0 Å². The number of para-hydroxylation sites is 1. The van der Waals surface area contributed by atoms with Gasteiger partial charge in [0.25, 0.3) is 5.91 Å². The van der Waals surface area contributed by atoms with Crippen molar-refractivity contribution in [2.75, 3.05) is 11.9 Å². The first-order valence-corrected chi connectivity index (χ1v) is 6.25. The third-order valence-corrected chi connectivity index (χ3v) is 2.77. The van der Waals surface area contributed by atoms with E-state index in [1.807, 2.05) is 6.07 Å². The molecule has 0 aliphatic rings. The fourth-order valence-electron chi connectivity index (χ4n) is 1.80. The van der Waals surface area contributed by atoms with Gasteiger partial charge in [0.1, 0.15) is 12.7 Å². The monoisotopic (exact) mass is 276 g/mol. The van der Waals surface area contributed by atoms with Crippen molar-refractivity contribution in [3.05, 3.63) is 65.2 Å². The number of rotatable bonds is 2. The molecule has 0 aliphatic carbocycles. The second-order valence-electron chi connectivity index (χ2n) is 4.12. The molecule has 0 atom stereocenters. The highest BCUT2D eigenvalue weighted by Crippen LogP contribution is 2.16. The first-order valence-electron chi connectivity index (χ1n) is 6.25. The molecule has 0 aliphatic heterocycles. The maximum absolute atomic E-state index is 12.3. The molecule has 0 radical (unpaired) electrons. The van der Waals surface area contributed by atoms with Crippen LogP contribution in [0, 0.1) is 23.2 Å². The van der Waals surface area contributed by atoms with Crippen molar-refractivity contribution in [1.29, 1.82) is 5.26 Å². The maximum Gasteiger partial charge on any atom is 0.256 e. The minimum atomic E-state index is -0.347. The van der Waals surface area contributed by atoms with Crippen LogP contribution in [0.4, 0.5) is 5.69 Å². The van der Waals surface area contributed by atoms with Gasteiger partial charge in [-0.15, -0.1) is 0 Å². The minimum Gasteiger partial charge on any atom is -0.384 e. The zero-order valence-electron chi connectivity index (χ0n) is 11.1. The lowest BCUT2D eigenvalue weighted by atomic mass is 10.1. The molecule has 0 bridgehead atoms. The summed E-state index contributed by atoms with van der Waals surface area (Å²) in [7, 11) is 0. The van der Waals surface area contributed by atoms with Crippen molar-refractivity contribution in [3.63, 3.8) is 0 Å². The van der Waals surface area contributed by atoms with Crippen molar-refractivity contribution >= 4 is 11.6 Å². The van der Waals surface area contributed by atoms with Gasteiger partial charge in [-0.3, -0.25) is 4.79 Å². The Morgan fingerprint density at radius 2 is 1.76 bits per heavy atom. The number of nitriles is 1. The SMILES string of the molecule is N#Cc1ccccc1NC(=O)c1ccccc1C#CCO. The number of benzene rings is 2. The summed E-state index contributed by atoms with van der Waals surface area (Å²) in [6.45, 7) is -0.271. The number of nitrogens with zero attached hydrogens (tertiary/aromatic N) is 1. The van der Waals surface area contributed by atoms with E-state index in [9.17, 15) is 4.79 Å². The molecule has 0 unspecified atom stereocenters. The third kappa shape index (κ3) is 3.48. The molecule has 2 aromatic carbocycles. The highest BCUT2D eigenvalue weighted by Gasteiger charge is 2.11. The van der Waals surface area contributed by atoms with Gasteiger partial charge >= 0.3 is 0 Å². The van der Waals surface area contributed by atoms with E-state index < -0.39 is 0 Å². The van der Waals surface area contributed by atoms with Crippen molar-refractivity contribution < 1.29 is 9.90 Å². The van der Waals surface area contributed by atoms with E-state index in [4.69, 9.17) is 10.4 Å². The van der Waals surface area contributed by atoms with Gasteiger partial charge in [0, 0.05) is 5.56 Å². The zero-order chi connectivity index (χ0) is 15.1. The minimum absolute atomic E-state index is 0.271. The number of aliphatic hydroxyl groups is 1.